The molecule has 6 heteroatoms. The van der Waals surface area contributed by atoms with Gasteiger partial charge in [-0.2, -0.15) is 0 Å². The minimum absolute atomic E-state index is 0.440. The molecular weight excluding hydrogens is 360 g/mol. The van der Waals surface area contributed by atoms with Crippen LogP contribution < -0.4 is 21.5 Å². The van der Waals surface area contributed by atoms with E-state index >= 15 is 0 Å². The molecule has 0 saturated heterocycles. The van der Waals surface area contributed by atoms with Crippen LogP contribution >= 0.6 is 11.6 Å². The molecular formula is C21H19ClN4O. The van der Waals surface area contributed by atoms with Gasteiger partial charge in [0.1, 0.15) is 12.4 Å². The van der Waals surface area contributed by atoms with E-state index in [2.05, 4.69) is 10.3 Å². The molecule has 5 N–H and O–H groups in total. The molecule has 0 amide bonds. The molecule has 0 fully saturated rings. The molecule has 0 radical (unpaired) electrons. The number of anilines is 2. The van der Waals surface area contributed by atoms with E-state index in [4.69, 9.17) is 27.8 Å². The highest BCUT2D eigenvalue weighted by Gasteiger charge is 2.34. The maximum Gasteiger partial charge on any atom is 0.163 e. The number of nitrogens with zero attached hydrogens (tertiary/aromatic N) is 1. The normalized spacial score (nSPS) is 17.9. The molecule has 27 heavy (non-hydrogen) atoms. The number of aliphatic imine (C=N–C) groups is 1. The molecule has 0 aliphatic carbocycles. The number of benzene rings is 3. The number of hydrogen-bond acceptors (Lipinski definition) is 5. The van der Waals surface area contributed by atoms with E-state index < -0.39 is 5.66 Å². The third-order valence-electron chi connectivity index (χ3n) is 4.55. The first kappa shape index (κ1) is 17.4. The van der Waals surface area contributed by atoms with Crippen molar-refractivity contribution in [3.63, 3.8) is 0 Å². The summed E-state index contributed by atoms with van der Waals surface area (Å²) in [4.78, 5) is 4.47. The minimum Gasteiger partial charge on any atom is -0.487 e. The Hall–Kier alpha value is -3.02. The molecule has 0 spiro atoms. The molecule has 0 saturated carbocycles. The lowest BCUT2D eigenvalue weighted by Crippen LogP contribution is -2.39. The number of ether oxygens (including phenoxy) is 1. The molecule has 1 unspecified atom stereocenters. The maximum atomic E-state index is 6.65. The van der Waals surface area contributed by atoms with Crippen LogP contribution in [-0.2, 0) is 12.3 Å². The van der Waals surface area contributed by atoms with E-state index in [-0.39, 0.29) is 0 Å². The van der Waals surface area contributed by atoms with Crippen molar-refractivity contribution in [2.45, 2.75) is 12.3 Å². The highest BCUT2D eigenvalue weighted by atomic mass is 35.5. The Morgan fingerprint density at radius 3 is 2.63 bits per heavy atom. The third-order valence-corrected chi connectivity index (χ3v) is 4.85. The molecule has 1 aliphatic rings. The van der Waals surface area contributed by atoms with Gasteiger partial charge in [-0.3, -0.25) is 5.73 Å². The summed E-state index contributed by atoms with van der Waals surface area (Å²) in [5, 5.41) is 3.57. The SMILES string of the molecule is Nc1ccc2c(c1)C(N)(c1ccc(OCc3ccccc3)c(Cl)c1)N=CN2. The van der Waals surface area contributed by atoms with Crippen molar-refractivity contribution in [2.75, 3.05) is 11.1 Å². The summed E-state index contributed by atoms with van der Waals surface area (Å²) in [5.74, 6) is 0.596. The molecule has 5 nitrogen and oxygen atoms in total. The fourth-order valence-corrected chi connectivity index (χ4v) is 3.33. The molecule has 0 bridgehead atoms. The first-order valence-electron chi connectivity index (χ1n) is 8.52. The fourth-order valence-electron chi connectivity index (χ4n) is 3.10. The number of hydrogen-bond donors (Lipinski definition) is 3. The van der Waals surface area contributed by atoms with Gasteiger partial charge in [-0.15, -0.1) is 0 Å². The highest BCUT2D eigenvalue weighted by Crippen LogP contribution is 2.39. The number of nitrogens with two attached hydrogens (primary N) is 2. The maximum absolute atomic E-state index is 6.65. The summed E-state index contributed by atoms with van der Waals surface area (Å²) in [6, 6.07) is 20.9. The van der Waals surface area contributed by atoms with Crippen LogP contribution in [0.4, 0.5) is 11.4 Å². The number of fused-ring (bicyclic) bond motifs is 1. The van der Waals surface area contributed by atoms with E-state index in [0.717, 1.165) is 22.4 Å². The molecule has 1 aliphatic heterocycles. The van der Waals surface area contributed by atoms with Crippen molar-refractivity contribution in [3.05, 3.63) is 88.4 Å². The van der Waals surface area contributed by atoms with E-state index in [9.17, 15) is 0 Å². The Balaban J connectivity index is 1.63. The van der Waals surface area contributed by atoms with Crippen molar-refractivity contribution < 1.29 is 4.74 Å². The van der Waals surface area contributed by atoms with Crippen LogP contribution in [0, 0.1) is 0 Å². The molecule has 1 heterocycles. The third kappa shape index (κ3) is 3.35. The predicted molar refractivity (Wildman–Crippen MR) is 110 cm³/mol. The Labute approximate surface area is 162 Å². The second-order valence-electron chi connectivity index (χ2n) is 6.39. The van der Waals surface area contributed by atoms with Gasteiger partial charge < -0.3 is 15.8 Å². The van der Waals surface area contributed by atoms with Crippen LogP contribution in [0.1, 0.15) is 16.7 Å². The van der Waals surface area contributed by atoms with Crippen LogP contribution in [0.25, 0.3) is 0 Å². The summed E-state index contributed by atoms with van der Waals surface area (Å²) in [6.45, 7) is 0.440. The lowest BCUT2D eigenvalue weighted by molar-refractivity contribution is 0.306. The standard InChI is InChI=1S/C21H19ClN4O/c22-18-10-15(6-9-20(18)27-12-14-4-2-1-3-5-14)21(24)17-11-16(23)7-8-19(17)25-13-26-21/h1-11,13H,12,23-24H2,(H,25,26). The molecule has 136 valence electrons. The fraction of sp³-hybridized carbons (Fsp3) is 0.0952. The summed E-state index contributed by atoms with van der Waals surface area (Å²) in [6.07, 6.45) is 1.59. The van der Waals surface area contributed by atoms with Crippen LogP contribution in [0.5, 0.6) is 5.75 Å². The average Bonchev–Trinajstić information content (AvgIpc) is 2.68. The largest absolute Gasteiger partial charge is 0.487 e. The molecule has 3 aromatic carbocycles. The van der Waals surface area contributed by atoms with E-state index in [1.165, 1.54) is 0 Å². The van der Waals surface area contributed by atoms with E-state index in [1.54, 1.807) is 12.4 Å². The number of rotatable bonds is 4. The smallest absolute Gasteiger partial charge is 0.163 e. The lowest BCUT2D eigenvalue weighted by Gasteiger charge is -2.31. The number of halogens is 1. The van der Waals surface area contributed by atoms with Crippen LogP contribution in [0.15, 0.2) is 71.7 Å². The zero-order chi connectivity index (χ0) is 18.9. The first-order valence-corrected chi connectivity index (χ1v) is 8.90. The average molecular weight is 379 g/mol. The second-order valence-corrected chi connectivity index (χ2v) is 6.80. The number of nitrogen functional groups attached to an aromatic ring is 1. The zero-order valence-corrected chi connectivity index (χ0v) is 15.3. The summed E-state index contributed by atoms with van der Waals surface area (Å²) >= 11 is 6.46. The van der Waals surface area contributed by atoms with Gasteiger partial charge in [0, 0.05) is 22.5 Å². The highest BCUT2D eigenvalue weighted by molar-refractivity contribution is 6.32. The van der Waals surface area contributed by atoms with E-state index in [0.29, 0.717) is 23.1 Å². The number of nitrogens with one attached hydrogen (secondary N) is 1. The van der Waals surface area contributed by atoms with Gasteiger partial charge in [-0.1, -0.05) is 48.0 Å². The predicted octanol–water partition coefficient (Wildman–Crippen LogP) is 4.11. The van der Waals surface area contributed by atoms with Crippen LogP contribution in [-0.4, -0.2) is 6.34 Å². The Morgan fingerprint density at radius 1 is 1.04 bits per heavy atom. The van der Waals surface area contributed by atoms with Crippen LogP contribution in [0.3, 0.4) is 0 Å². The summed E-state index contributed by atoms with van der Waals surface area (Å²) in [5.41, 5.74) is 15.6. The molecule has 0 aromatic heterocycles. The Morgan fingerprint density at radius 2 is 1.85 bits per heavy atom. The van der Waals surface area contributed by atoms with Gasteiger partial charge in [-0.05, 0) is 35.9 Å². The minimum atomic E-state index is -1.07. The van der Waals surface area contributed by atoms with E-state index in [1.807, 2.05) is 60.7 Å². The second kappa shape index (κ2) is 6.95. The van der Waals surface area contributed by atoms with Crippen molar-refractivity contribution in [2.24, 2.45) is 10.7 Å². The molecule has 4 rings (SSSR count). The first-order chi connectivity index (χ1) is 13.1. The quantitative estimate of drug-likeness (QED) is 0.596. The van der Waals surface area contributed by atoms with Crippen LogP contribution in [0.2, 0.25) is 5.02 Å². The summed E-state index contributed by atoms with van der Waals surface area (Å²) in [7, 11) is 0. The van der Waals surface area contributed by atoms with Gasteiger partial charge in [0.05, 0.1) is 11.4 Å². The van der Waals surface area contributed by atoms with Crippen molar-refractivity contribution in [1.29, 1.82) is 0 Å². The Kier molecular flexibility index (Phi) is 4.48. The van der Waals surface area contributed by atoms with Gasteiger partial charge in [0.15, 0.2) is 5.66 Å². The van der Waals surface area contributed by atoms with Crippen molar-refractivity contribution >= 4 is 29.3 Å². The summed E-state index contributed by atoms with van der Waals surface area (Å²) < 4.78 is 5.84. The van der Waals surface area contributed by atoms with Crippen molar-refractivity contribution in [1.82, 2.24) is 0 Å². The van der Waals surface area contributed by atoms with Crippen molar-refractivity contribution in [3.8, 4) is 5.75 Å². The monoisotopic (exact) mass is 378 g/mol. The van der Waals surface area contributed by atoms with Gasteiger partial charge in [-0.25, -0.2) is 4.99 Å². The molecule has 1 atom stereocenters. The topological polar surface area (TPSA) is 85.7 Å². The molecule has 3 aromatic rings. The van der Waals surface area contributed by atoms with Gasteiger partial charge >= 0.3 is 0 Å². The zero-order valence-electron chi connectivity index (χ0n) is 14.5. The lowest BCUT2D eigenvalue weighted by atomic mass is 9.90. The van der Waals surface area contributed by atoms with Gasteiger partial charge in [0.2, 0.25) is 0 Å². The Bertz CT molecular complexity index is 1010. The van der Waals surface area contributed by atoms with Gasteiger partial charge in [0.25, 0.3) is 0 Å².